The maximum absolute atomic E-state index is 13.8. The van der Waals surface area contributed by atoms with E-state index in [1.807, 2.05) is 73.0 Å². The van der Waals surface area contributed by atoms with Gasteiger partial charge >= 0.3 is 5.56 Å². The lowest BCUT2D eigenvalue weighted by atomic mass is 9.83. The predicted octanol–water partition coefficient (Wildman–Crippen LogP) is 5.66. The largest absolute Gasteiger partial charge is 0.481 e. The van der Waals surface area contributed by atoms with E-state index in [-0.39, 0.29) is 30.2 Å². The number of amides is 1. The van der Waals surface area contributed by atoms with Crippen molar-refractivity contribution in [2.45, 2.75) is 64.6 Å². The third-order valence-corrected chi connectivity index (χ3v) is 7.68. The molecule has 3 aromatic rings. The van der Waals surface area contributed by atoms with Gasteiger partial charge in [0.2, 0.25) is 5.75 Å². The smallest absolute Gasteiger partial charge is 0.316 e. The Morgan fingerprint density at radius 3 is 2.36 bits per heavy atom. The number of ether oxygens (including phenoxy) is 1. The van der Waals surface area contributed by atoms with E-state index >= 15 is 0 Å². The molecule has 1 aromatic heterocycles. The molecule has 0 bridgehead atoms. The quantitative estimate of drug-likeness (QED) is 0.415. The molecule has 0 radical (unpaired) electrons. The average Bonchev–Trinajstić information content (AvgIpc) is 3.40. The highest BCUT2D eigenvalue weighted by Gasteiger charge is 2.37. The molecule has 36 heavy (non-hydrogen) atoms. The van der Waals surface area contributed by atoms with E-state index < -0.39 is 5.56 Å². The molecule has 2 aliphatic rings. The van der Waals surface area contributed by atoms with Crippen LogP contribution in [0.1, 0.15) is 72.9 Å². The number of fused-ring (bicyclic) bond motifs is 1. The van der Waals surface area contributed by atoms with Crippen molar-refractivity contribution in [3.05, 3.63) is 92.6 Å². The number of rotatable bonds is 7. The Bertz CT molecular complexity index is 1280. The predicted molar refractivity (Wildman–Crippen MR) is 141 cm³/mol. The van der Waals surface area contributed by atoms with Crippen molar-refractivity contribution in [2.24, 2.45) is 5.92 Å². The third kappa shape index (κ3) is 4.79. The fraction of sp³-hybridized carbons (Fsp3) is 0.414. The van der Waals surface area contributed by atoms with Crippen molar-refractivity contribution in [1.82, 2.24) is 14.5 Å². The molecule has 0 saturated heterocycles. The van der Waals surface area contributed by atoms with Crippen molar-refractivity contribution in [3.63, 3.8) is 0 Å². The number of aromatic nitrogens is 2. The molecule has 1 aliphatic carbocycles. The van der Waals surface area contributed by atoms with Crippen LogP contribution >= 0.6 is 11.6 Å². The van der Waals surface area contributed by atoms with Crippen molar-refractivity contribution >= 4 is 17.5 Å². The van der Waals surface area contributed by atoms with Gasteiger partial charge in [-0.15, -0.1) is 0 Å². The molecule has 1 unspecified atom stereocenters. The van der Waals surface area contributed by atoms with Gasteiger partial charge in [0.1, 0.15) is 12.4 Å². The number of benzene rings is 2. The molecule has 2 heterocycles. The van der Waals surface area contributed by atoms with Gasteiger partial charge in [-0.05, 0) is 55.9 Å². The van der Waals surface area contributed by atoms with Crippen LogP contribution in [-0.4, -0.2) is 32.9 Å². The van der Waals surface area contributed by atoms with E-state index in [9.17, 15) is 9.59 Å². The number of halogens is 1. The fourth-order valence-electron chi connectivity index (χ4n) is 5.62. The summed E-state index contributed by atoms with van der Waals surface area (Å²) in [6.45, 7) is 5.32. The Hall–Kier alpha value is -3.12. The van der Waals surface area contributed by atoms with Gasteiger partial charge in [-0.2, -0.15) is 4.98 Å². The van der Waals surface area contributed by atoms with Crippen LogP contribution in [0.4, 0.5) is 0 Å². The van der Waals surface area contributed by atoms with E-state index in [0.29, 0.717) is 35.5 Å². The zero-order valence-corrected chi connectivity index (χ0v) is 21.6. The van der Waals surface area contributed by atoms with Crippen LogP contribution in [0.5, 0.6) is 5.75 Å². The van der Waals surface area contributed by atoms with Gasteiger partial charge in [-0.25, -0.2) is 0 Å². The fourth-order valence-corrected chi connectivity index (χ4v) is 5.75. The maximum Gasteiger partial charge on any atom is 0.316 e. The lowest BCUT2D eigenvalue weighted by Crippen LogP contribution is -2.47. The molecule has 1 aliphatic heterocycles. The Kier molecular flexibility index (Phi) is 7.15. The maximum atomic E-state index is 13.8. The summed E-state index contributed by atoms with van der Waals surface area (Å²) in [6.07, 6.45) is 4.45. The number of carbonyl (C=O) groups is 1. The van der Waals surface area contributed by atoms with Crippen molar-refractivity contribution in [2.75, 3.05) is 6.54 Å². The SMILES string of the molecule is CC(C)N1CCn2c(C(c3ccc(Cl)cc3)C3CCCC3)nc(=O)c(OCc3ccccc3)c2C1=O. The molecule has 0 spiro atoms. The van der Waals surface area contributed by atoms with Crippen LogP contribution in [0, 0.1) is 5.92 Å². The highest BCUT2D eigenvalue weighted by Crippen LogP contribution is 2.42. The first kappa shape index (κ1) is 24.6. The molecule has 2 aromatic carbocycles. The molecule has 5 rings (SSSR count). The highest BCUT2D eigenvalue weighted by atomic mass is 35.5. The lowest BCUT2D eigenvalue weighted by Gasteiger charge is -2.36. The van der Waals surface area contributed by atoms with Crippen molar-refractivity contribution in [1.29, 1.82) is 0 Å². The van der Waals surface area contributed by atoms with Gasteiger partial charge in [0, 0.05) is 30.1 Å². The summed E-state index contributed by atoms with van der Waals surface area (Å²) < 4.78 is 8.00. The molecule has 188 valence electrons. The normalized spacial score (nSPS) is 16.9. The summed E-state index contributed by atoms with van der Waals surface area (Å²) in [5.74, 6) is 0.787. The van der Waals surface area contributed by atoms with Gasteiger partial charge in [0.05, 0.1) is 0 Å². The van der Waals surface area contributed by atoms with Crippen LogP contribution < -0.4 is 10.3 Å². The molecule has 1 saturated carbocycles. The average molecular weight is 506 g/mol. The Morgan fingerprint density at radius 2 is 1.69 bits per heavy atom. The first-order valence-electron chi connectivity index (χ1n) is 12.8. The summed E-state index contributed by atoms with van der Waals surface area (Å²) >= 11 is 6.20. The summed E-state index contributed by atoms with van der Waals surface area (Å²) in [5.41, 5.74) is 1.83. The molecule has 7 heteroatoms. The third-order valence-electron chi connectivity index (χ3n) is 7.43. The Labute approximate surface area is 216 Å². The van der Waals surface area contributed by atoms with Crippen LogP contribution in [-0.2, 0) is 13.2 Å². The highest BCUT2D eigenvalue weighted by molar-refractivity contribution is 6.30. The Morgan fingerprint density at radius 1 is 1.00 bits per heavy atom. The van der Waals surface area contributed by atoms with E-state index in [1.54, 1.807) is 4.90 Å². The monoisotopic (exact) mass is 505 g/mol. The van der Waals surface area contributed by atoms with Crippen molar-refractivity contribution < 1.29 is 9.53 Å². The first-order valence-corrected chi connectivity index (χ1v) is 13.2. The molecule has 1 atom stereocenters. The van der Waals surface area contributed by atoms with Crippen molar-refractivity contribution in [3.8, 4) is 5.75 Å². The van der Waals surface area contributed by atoms with Crippen LogP contribution in [0.2, 0.25) is 5.02 Å². The van der Waals surface area contributed by atoms with E-state index in [4.69, 9.17) is 16.3 Å². The van der Waals surface area contributed by atoms with Crippen LogP contribution in [0.25, 0.3) is 0 Å². The number of hydrogen-bond acceptors (Lipinski definition) is 4. The minimum Gasteiger partial charge on any atom is -0.481 e. The summed E-state index contributed by atoms with van der Waals surface area (Å²) in [5, 5.41) is 0.670. The molecule has 6 nitrogen and oxygen atoms in total. The Balaban J connectivity index is 1.65. The zero-order chi connectivity index (χ0) is 25.2. The van der Waals surface area contributed by atoms with Gasteiger partial charge in [-0.3, -0.25) is 9.59 Å². The number of nitrogens with zero attached hydrogens (tertiary/aromatic N) is 3. The second-order valence-electron chi connectivity index (χ2n) is 10.0. The second-order valence-corrected chi connectivity index (χ2v) is 10.5. The topological polar surface area (TPSA) is 64.4 Å². The minimum atomic E-state index is -0.483. The zero-order valence-electron chi connectivity index (χ0n) is 20.8. The second kappa shape index (κ2) is 10.5. The summed E-state index contributed by atoms with van der Waals surface area (Å²) in [7, 11) is 0. The van der Waals surface area contributed by atoms with Crippen LogP contribution in [0.15, 0.2) is 59.4 Å². The first-order chi connectivity index (χ1) is 17.4. The van der Waals surface area contributed by atoms with Gasteiger partial charge < -0.3 is 14.2 Å². The minimum absolute atomic E-state index is 0.0156. The van der Waals surface area contributed by atoms with Gasteiger partial charge in [0.25, 0.3) is 5.91 Å². The number of hydrogen-bond donors (Lipinski definition) is 0. The van der Waals surface area contributed by atoms with E-state index in [2.05, 4.69) is 4.98 Å². The van der Waals surface area contributed by atoms with E-state index in [0.717, 1.165) is 36.8 Å². The van der Waals surface area contributed by atoms with E-state index in [1.165, 1.54) is 0 Å². The molecular weight excluding hydrogens is 474 g/mol. The van der Waals surface area contributed by atoms with Gasteiger partial charge in [-0.1, -0.05) is 66.9 Å². The number of carbonyl (C=O) groups excluding carboxylic acids is 1. The molecule has 0 N–H and O–H groups in total. The summed E-state index contributed by atoms with van der Waals surface area (Å²) in [4.78, 5) is 33.7. The molecule has 1 amide bonds. The summed E-state index contributed by atoms with van der Waals surface area (Å²) in [6, 6.07) is 17.5. The molecular formula is C29H32ClN3O3. The van der Waals surface area contributed by atoms with Crippen LogP contribution in [0.3, 0.4) is 0 Å². The molecule has 1 fully saturated rings. The van der Waals surface area contributed by atoms with Gasteiger partial charge in [0.15, 0.2) is 5.69 Å². The standard InChI is InChI=1S/C29H32ClN3O3/c1-19(2)32-16-17-33-25(29(32)35)26(36-18-20-8-4-3-5-9-20)28(34)31-27(33)24(21-10-6-7-11-21)22-12-14-23(30)15-13-22/h3-5,8-9,12-15,19,21,24H,6-7,10-11,16-18H2,1-2H3. The lowest BCUT2D eigenvalue weighted by molar-refractivity contribution is 0.0633.